The van der Waals surface area contributed by atoms with Gasteiger partial charge < -0.3 is 19.4 Å². The van der Waals surface area contributed by atoms with Gasteiger partial charge in [0.05, 0.1) is 14.2 Å². The SMILES string of the molecule is COc1ccc(C(NC(=O)CC(C)C)c2nccn2C)cc1OC. The smallest absolute Gasteiger partial charge is 0.221 e. The highest BCUT2D eigenvalue weighted by Gasteiger charge is 2.22. The number of hydrogen-bond donors (Lipinski definition) is 1. The van der Waals surface area contributed by atoms with Gasteiger partial charge in [-0.05, 0) is 23.6 Å². The Bertz CT molecular complexity index is 695. The van der Waals surface area contributed by atoms with Crippen LogP contribution >= 0.6 is 0 Å². The normalized spacial score (nSPS) is 12.1. The summed E-state index contributed by atoms with van der Waals surface area (Å²) in [5, 5.41) is 3.08. The molecule has 1 aromatic heterocycles. The Morgan fingerprint density at radius 1 is 1.25 bits per heavy atom. The second kappa shape index (κ2) is 7.86. The lowest BCUT2D eigenvalue weighted by Gasteiger charge is -2.21. The second-order valence-corrected chi connectivity index (χ2v) is 6.11. The molecule has 0 fully saturated rings. The van der Waals surface area contributed by atoms with Crippen LogP contribution in [-0.2, 0) is 11.8 Å². The minimum absolute atomic E-state index is 0.00668. The summed E-state index contributed by atoms with van der Waals surface area (Å²) < 4.78 is 12.6. The maximum Gasteiger partial charge on any atom is 0.221 e. The van der Waals surface area contributed by atoms with Crippen LogP contribution in [0.25, 0.3) is 0 Å². The number of carbonyl (C=O) groups is 1. The van der Waals surface area contributed by atoms with E-state index in [9.17, 15) is 4.79 Å². The van der Waals surface area contributed by atoms with Crippen LogP contribution in [0, 0.1) is 5.92 Å². The molecular weight excluding hydrogens is 306 g/mol. The van der Waals surface area contributed by atoms with E-state index in [4.69, 9.17) is 9.47 Å². The first kappa shape index (κ1) is 17.8. The predicted molar refractivity (Wildman–Crippen MR) is 92.2 cm³/mol. The summed E-state index contributed by atoms with van der Waals surface area (Å²) in [6.45, 7) is 4.04. The van der Waals surface area contributed by atoms with Gasteiger partial charge in [-0.25, -0.2) is 4.98 Å². The lowest BCUT2D eigenvalue weighted by Crippen LogP contribution is -2.31. The van der Waals surface area contributed by atoms with Gasteiger partial charge in [-0.15, -0.1) is 0 Å². The molecule has 2 aromatic rings. The molecule has 0 aliphatic carbocycles. The summed E-state index contributed by atoms with van der Waals surface area (Å²) in [4.78, 5) is 16.7. The third-order valence-electron chi connectivity index (χ3n) is 3.76. The van der Waals surface area contributed by atoms with Gasteiger partial charge in [0.25, 0.3) is 0 Å². The number of rotatable bonds is 7. The molecule has 0 aliphatic rings. The van der Waals surface area contributed by atoms with Crippen LogP contribution in [0.15, 0.2) is 30.6 Å². The van der Waals surface area contributed by atoms with Crippen molar-refractivity contribution in [2.75, 3.05) is 14.2 Å². The van der Waals surface area contributed by atoms with Crippen LogP contribution in [0.4, 0.5) is 0 Å². The van der Waals surface area contributed by atoms with Crippen LogP contribution in [0.5, 0.6) is 11.5 Å². The number of ether oxygens (including phenoxy) is 2. The first-order valence-corrected chi connectivity index (χ1v) is 7.94. The molecule has 1 unspecified atom stereocenters. The van der Waals surface area contributed by atoms with Gasteiger partial charge in [0.2, 0.25) is 5.91 Å². The summed E-state index contributed by atoms with van der Waals surface area (Å²) in [7, 11) is 5.09. The molecule has 1 N–H and O–H groups in total. The first-order valence-electron chi connectivity index (χ1n) is 7.94. The standard InChI is InChI=1S/C18H25N3O3/c1-12(2)10-16(22)20-17(18-19-8-9-21(18)3)13-6-7-14(23-4)15(11-13)24-5/h6-9,11-12,17H,10H2,1-5H3,(H,20,22). The van der Waals surface area contributed by atoms with E-state index in [2.05, 4.69) is 10.3 Å². The zero-order valence-corrected chi connectivity index (χ0v) is 14.9. The van der Waals surface area contributed by atoms with Crippen LogP contribution in [0.1, 0.15) is 37.7 Å². The lowest BCUT2D eigenvalue weighted by atomic mass is 10.0. The molecule has 6 heteroatoms. The van der Waals surface area contributed by atoms with E-state index >= 15 is 0 Å². The van der Waals surface area contributed by atoms with Crippen LogP contribution < -0.4 is 14.8 Å². The van der Waals surface area contributed by atoms with E-state index in [1.165, 1.54) is 0 Å². The third kappa shape index (κ3) is 4.07. The van der Waals surface area contributed by atoms with Gasteiger partial charge in [-0.3, -0.25) is 4.79 Å². The van der Waals surface area contributed by atoms with Crippen molar-refractivity contribution in [2.24, 2.45) is 13.0 Å². The number of nitrogens with one attached hydrogen (secondary N) is 1. The highest BCUT2D eigenvalue weighted by molar-refractivity contribution is 5.77. The summed E-state index contributed by atoms with van der Waals surface area (Å²) in [6, 6.07) is 5.26. The van der Waals surface area contributed by atoms with Crippen molar-refractivity contribution in [3.8, 4) is 11.5 Å². The number of benzene rings is 1. The molecule has 2 rings (SSSR count). The lowest BCUT2D eigenvalue weighted by molar-refractivity contribution is -0.122. The predicted octanol–water partition coefficient (Wildman–Crippen LogP) is 2.69. The van der Waals surface area contributed by atoms with E-state index in [0.717, 1.165) is 11.4 Å². The van der Waals surface area contributed by atoms with Crippen molar-refractivity contribution in [1.29, 1.82) is 0 Å². The number of aromatic nitrogens is 2. The Balaban J connectivity index is 2.39. The van der Waals surface area contributed by atoms with E-state index < -0.39 is 0 Å². The van der Waals surface area contributed by atoms with Crippen molar-refractivity contribution < 1.29 is 14.3 Å². The van der Waals surface area contributed by atoms with Crippen molar-refractivity contribution in [3.05, 3.63) is 42.0 Å². The van der Waals surface area contributed by atoms with Gasteiger partial charge in [0.1, 0.15) is 11.9 Å². The third-order valence-corrected chi connectivity index (χ3v) is 3.76. The van der Waals surface area contributed by atoms with Gasteiger partial charge in [0.15, 0.2) is 11.5 Å². The molecule has 0 radical (unpaired) electrons. The number of aryl methyl sites for hydroxylation is 1. The fourth-order valence-corrected chi connectivity index (χ4v) is 2.58. The van der Waals surface area contributed by atoms with Crippen molar-refractivity contribution in [2.45, 2.75) is 26.3 Å². The van der Waals surface area contributed by atoms with Gasteiger partial charge >= 0.3 is 0 Å². The zero-order chi connectivity index (χ0) is 17.7. The van der Waals surface area contributed by atoms with E-state index in [0.29, 0.717) is 17.9 Å². The molecule has 0 saturated heterocycles. The van der Waals surface area contributed by atoms with E-state index in [1.54, 1.807) is 20.4 Å². The topological polar surface area (TPSA) is 65.4 Å². The molecule has 1 atom stereocenters. The number of nitrogens with zero attached hydrogens (tertiary/aromatic N) is 2. The van der Waals surface area contributed by atoms with E-state index in [-0.39, 0.29) is 17.9 Å². The fraction of sp³-hybridized carbons (Fsp3) is 0.444. The summed E-state index contributed by atoms with van der Waals surface area (Å²) >= 11 is 0. The molecule has 24 heavy (non-hydrogen) atoms. The molecule has 0 aliphatic heterocycles. The molecular formula is C18H25N3O3. The number of methoxy groups -OCH3 is 2. The van der Waals surface area contributed by atoms with Gasteiger partial charge in [0, 0.05) is 25.9 Å². The molecule has 1 aromatic carbocycles. The van der Waals surface area contributed by atoms with Crippen molar-refractivity contribution in [3.63, 3.8) is 0 Å². The van der Waals surface area contributed by atoms with E-state index in [1.807, 2.05) is 49.9 Å². The fourth-order valence-electron chi connectivity index (χ4n) is 2.58. The zero-order valence-electron chi connectivity index (χ0n) is 14.9. The summed E-state index contributed by atoms with van der Waals surface area (Å²) in [5.41, 5.74) is 0.888. The Hall–Kier alpha value is -2.50. The monoisotopic (exact) mass is 331 g/mol. The Kier molecular flexibility index (Phi) is 5.84. The highest BCUT2D eigenvalue weighted by atomic mass is 16.5. The number of carbonyl (C=O) groups excluding carboxylic acids is 1. The van der Waals surface area contributed by atoms with Crippen LogP contribution in [0.2, 0.25) is 0 Å². The quantitative estimate of drug-likeness (QED) is 0.847. The van der Waals surface area contributed by atoms with Gasteiger partial charge in [-0.2, -0.15) is 0 Å². The molecule has 1 amide bonds. The Labute approximate surface area is 142 Å². The average Bonchev–Trinajstić information content (AvgIpc) is 2.97. The summed E-state index contributed by atoms with van der Waals surface area (Å²) in [5.74, 6) is 2.31. The maximum absolute atomic E-state index is 12.3. The molecule has 0 saturated carbocycles. The maximum atomic E-state index is 12.3. The minimum Gasteiger partial charge on any atom is -0.493 e. The van der Waals surface area contributed by atoms with Crippen molar-refractivity contribution >= 4 is 5.91 Å². The molecule has 0 spiro atoms. The Morgan fingerprint density at radius 2 is 1.96 bits per heavy atom. The summed E-state index contributed by atoms with van der Waals surface area (Å²) in [6.07, 6.45) is 4.05. The second-order valence-electron chi connectivity index (χ2n) is 6.11. The Morgan fingerprint density at radius 3 is 2.50 bits per heavy atom. The van der Waals surface area contributed by atoms with Crippen LogP contribution in [0.3, 0.4) is 0 Å². The number of hydrogen-bond acceptors (Lipinski definition) is 4. The first-order chi connectivity index (χ1) is 11.5. The molecule has 130 valence electrons. The number of amides is 1. The van der Waals surface area contributed by atoms with Crippen LogP contribution in [-0.4, -0.2) is 29.7 Å². The average molecular weight is 331 g/mol. The van der Waals surface area contributed by atoms with Crippen molar-refractivity contribution in [1.82, 2.24) is 14.9 Å². The minimum atomic E-state index is -0.351. The molecule has 1 heterocycles. The number of imidazole rings is 1. The largest absolute Gasteiger partial charge is 0.493 e. The highest BCUT2D eigenvalue weighted by Crippen LogP contribution is 2.31. The molecule has 0 bridgehead atoms. The van der Waals surface area contributed by atoms with Gasteiger partial charge in [-0.1, -0.05) is 19.9 Å². The molecule has 6 nitrogen and oxygen atoms in total.